The summed E-state index contributed by atoms with van der Waals surface area (Å²) < 4.78 is 0. The number of nitrogens with one attached hydrogen (secondary N) is 1. The molecular formula is C13H22N2. The minimum absolute atomic E-state index is 0.347. The Morgan fingerprint density at radius 1 is 1.07 bits per heavy atom. The monoisotopic (exact) mass is 206 g/mol. The van der Waals surface area contributed by atoms with Crippen LogP contribution in [0.15, 0.2) is 12.7 Å². The van der Waals surface area contributed by atoms with Crippen molar-refractivity contribution in [2.45, 2.75) is 38.1 Å². The maximum atomic E-state index is 5.64. The molecule has 0 aromatic heterocycles. The van der Waals surface area contributed by atoms with Crippen LogP contribution < -0.4 is 11.3 Å². The number of hydrogen-bond donors (Lipinski definition) is 2. The van der Waals surface area contributed by atoms with E-state index in [1.807, 2.05) is 6.08 Å². The van der Waals surface area contributed by atoms with Crippen LogP contribution in [0.25, 0.3) is 0 Å². The summed E-state index contributed by atoms with van der Waals surface area (Å²) in [7, 11) is 0. The first-order chi connectivity index (χ1) is 7.31. The minimum Gasteiger partial charge on any atom is -0.271 e. The van der Waals surface area contributed by atoms with Gasteiger partial charge in [0.1, 0.15) is 0 Å². The molecule has 0 aromatic carbocycles. The van der Waals surface area contributed by atoms with Gasteiger partial charge in [-0.15, -0.1) is 6.58 Å². The van der Waals surface area contributed by atoms with E-state index in [2.05, 4.69) is 12.0 Å². The molecule has 2 heteroatoms. The summed E-state index contributed by atoms with van der Waals surface area (Å²) in [5, 5.41) is 0. The predicted octanol–water partition coefficient (Wildman–Crippen LogP) is 2.08. The van der Waals surface area contributed by atoms with Gasteiger partial charge in [0, 0.05) is 6.04 Å². The molecule has 0 saturated heterocycles. The molecule has 0 amide bonds. The van der Waals surface area contributed by atoms with E-state index in [4.69, 9.17) is 5.84 Å². The van der Waals surface area contributed by atoms with E-state index in [0.29, 0.717) is 6.04 Å². The van der Waals surface area contributed by atoms with Crippen LogP contribution in [-0.4, -0.2) is 6.04 Å². The second-order valence-corrected chi connectivity index (χ2v) is 5.94. The molecule has 0 spiro atoms. The largest absolute Gasteiger partial charge is 0.271 e. The van der Waals surface area contributed by atoms with Crippen LogP contribution in [0.2, 0.25) is 0 Å². The average molecular weight is 206 g/mol. The lowest BCUT2D eigenvalue weighted by Gasteiger charge is -2.56. The smallest absolute Gasteiger partial charge is 0.0421 e. The molecule has 4 saturated carbocycles. The Bertz CT molecular complexity index is 233. The summed E-state index contributed by atoms with van der Waals surface area (Å²) in [5.74, 6) is 10.4. The highest BCUT2D eigenvalue weighted by Gasteiger charge is 2.49. The van der Waals surface area contributed by atoms with E-state index in [1.54, 1.807) is 0 Å². The summed E-state index contributed by atoms with van der Waals surface area (Å²) >= 11 is 0. The summed E-state index contributed by atoms with van der Waals surface area (Å²) in [6.07, 6.45) is 9.39. The van der Waals surface area contributed by atoms with Crippen molar-refractivity contribution in [3.63, 3.8) is 0 Å². The Balaban J connectivity index is 1.82. The van der Waals surface area contributed by atoms with Crippen LogP contribution in [0.1, 0.15) is 32.1 Å². The summed E-state index contributed by atoms with van der Waals surface area (Å²) in [6.45, 7) is 3.92. The minimum atomic E-state index is 0.347. The number of hydrazine groups is 1. The zero-order chi connectivity index (χ0) is 10.4. The molecule has 0 heterocycles. The van der Waals surface area contributed by atoms with E-state index < -0.39 is 0 Å². The predicted molar refractivity (Wildman–Crippen MR) is 61.8 cm³/mol. The van der Waals surface area contributed by atoms with Gasteiger partial charge in [-0.3, -0.25) is 11.3 Å². The summed E-state index contributed by atoms with van der Waals surface area (Å²) in [5.41, 5.74) is 2.96. The van der Waals surface area contributed by atoms with E-state index >= 15 is 0 Å². The molecule has 4 bridgehead atoms. The van der Waals surface area contributed by atoms with Crippen molar-refractivity contribution in [3.05, 3.63) is 12.7 Å². The average Bonchev–Trinajstić information content (AvgIpc) is 2.22. The maximum absolute atomic E-state index is 5.64. The Morgan fingerprint density at radius 3 is 2.00 bits per heavy atom. The topological polar surface area (TPSA) is 38.0 Å². The lowest BCUT2D eigenvalue weighted by Crippen LogP contribution is -2.53. The van der Waals surface area contributed by atoms with E-state index in [0.717, 1.165) is 29.6 Å². The van der Waals surface area contributed by atoms with Gasteiger partial charge < -0.3 is 0 Å². The van der Waals surface area contributed by atoms with E-state index in [1.165, 1.54) is 32.1 Å². The molecule has 4 aliphatic rings. The van der Waals surface area contributed by atoms with Gasteiger partial charge in [-0.1, -0.05) is 6.08 Å². The molecule has 0 radical (unpaired) electrons. The van der Waals surface area contributed by atoms with Gasteiger partial charge in [0.25, 0.3) is 0 Å². The van der Waals surface area contributed by atoms with Crippen molar-refractivity contribution >= 4 is 0 Å². The third-order valence-electron chi connectivity index (χ3n) is 5.16. The standard InChI is InChI=1S/C13H22N2/c1-2-12(15-14)13-10-4-8-3-9(6-10)7-11(13)5-8/h2,8-13,15H,1,3-7,14H2. The third-order valence-corrected chi connectivity index (χ3v) is 5.16. The van der Waals surface area contributed by atoms with Gasteiger partial charge in [-0.25, -0.2) is 0 Å². The number of hydrogen-bond acceptors (Lipinski definition) is 2. The van der Waals surface area contributed by atoms with Crippen molar-refractivity contribution in [1.82, 2.24) is 5.43 Å². The molecule has 4 rings (SSSR count). The lowest BCUT2D eigenvalue weighted by molar-refractivity contribution is -0.0452. The highest BCUT2D eigenvalue weighted by molar-refractivity contribution is 5.04. The highest BCUT2D eigenvalue weighted by Crippen LogP contribution is 2.57. The summed E-state index contributed by atoms with van der Waals surface area (Å²) in [4.78, 5) is 0. The second-order valence-electron chi connectivity index (χ2n) is 5.94. The van der Waals surface area contributed by atoms with Gasteiger partial charge in [0.05, 0.1) is 0 Å². The molecule has 1 atom stereocenters. The Morgan fingerprint density at radius 2 is 1.60 bits per heavy atom. The SMILES string of the molecule is C=CC(NN)C1C2CC3CC(C2)CC1C3. The number of nitrogens with two attached hydrogens (primary N) is 1. The first-order valence-corrected chi connectivity index (χ1v) is 6.40. The zero-order valence-corrected chi connectivity index (χ0v) is 9.36. The fourth-order valence-corrected chi connectivity index (χ4v) is 4.89. The van der Waals surface area contributed by atoms with Crippen LogP contribution in [0.4, 0.5) is 0 Å². The molecule has 4 fully saturated rings. The molecule has 4 aliphatic carbocycles. The molecule has 0 aromatic rings. The Kier molecular flexibility index (Phi) is 2.37. The van der Waals surface area contributed by atoms with Crippen LogP contribution >= 0.6 is 0 Å². The first-order valence-electron chi connectivity index (χ1n) is 6.40. The van der Waals surface area contributed by atoms with Gasteiger partial charge in [-0.05, 0) is 61.7 Å². The second kappa shape index (κ2) is 3.60. The van der Waals surface area contributed by atoms with Crippen molar-refractivity contribution in [3.8, 4) is 0 Å². The van der Waals surface area contributed by atoms with Gasteiger partial charge in [0.2, 0.25) is 0 Å². The Hall–Kier alpha value is -0.340. The molecule has 0 aliphatic heterocycles. The van der Waals surface area contributed by atoms with E-state index in [9.17, 15) is 0 Å². The molecule has 3 N–H and O–H groups in total. The normalized spacial score (nSPS) is 49.3. The fraction of sp³-hybridized carbons (Fsp3) is 0.846. The van der Waals surface area contributed by atoms with Crippen molar-refractivity contribution in [2.24, 2.45) is 35.4 Å². The Labute approximate surface area is 92.3 Å². The number of rotatable bonds is 3. The lowest BCUT2D eigenvalue weighted by atomic mass is 9.50. The summed E-state index contributed by atoms with van der Waals surface area (Å²) in [6, 6.07) is 0.347. The third kappa shape index (κ3) is 1.46. The van der Waals surface area contributed by atoms with Crippen LogP contribution in [0, 0.1) is 29.6 Å². The molecular weight excluding hydrogens is 184 g/mol. The molecule has 84 valence electrons. The fourth-order valence-electron chi connectivity index (χ4n) is 4.89. The van der Waals surface area contributed by atoms with Crippen molar-refractivity contribution in [1.29, 1.82) is 0 Å². The highest BCUT2D eigenvalue weighted by atomic mass is 15.2. The van der Waals surface area contributed by atoms with Gasteiger partial charge >= 0.3 is 0 Å². The molecule has 15 heavy (non-hydrogen) atoms. The molecule has 1 unspecified atom stereocenters. The van der Waals surface area contributed by atoms with E-state index in [-0.39, 0.29) is 0 Å². The van der Waals surface area contributed by atoms with Crippen LogP contribution in [0.5, 0.6) is 0 Å². The first kappa shape index (κ1) is 9.86. The van der Waals surface area contributed by atoms with Gasteiger partial charge in [-0.2, -0.15) is 0 Å². The van der Waals surface area contributed by atoms with Crippen molar-refractivity contribution in [2.75, 3.05) is 0 Å². The van der Waals surface area contributed by atoms with Gasteiger partial charge in [0.15, 0.2) is 0 Å². The molecule has 2 nitrogen and oxygen atoms in total. The van der Waals surface area contributed by atoms with Crippen LogP contribution in [0.3, 0.4) is 0 Å². The maximum Gasteiger partial charge on any atom is 0.0421 e. The van der Waals surface area contributed by atoms with Crippen molar-refractivity contribution < 1.29 is 0 Å². The zero-order valence-electron chi connectivity index (χ0n) is 9.36. The van der Waals surface area contributed by atoms with Crippen LogP contribution in [-0.2, 0) is 0 Å². The quantitative estimate of drug-likeness (QED) is 0.421.